The molecule has 0 aromatic heterocycles. The maximum absolute atomic E-state index is 8.98. The van der Waals surface area contributed by atoms with Gasteiger partial charge in [-0.25, -0.2) is 5.43 Å². The van der Waals surface area contributed by atoms with Gasteiger partial charge in [-0.2, -0.15) is 0 Å². The summed E-state index contributed by atoms with van der Waals surface area (Å²) in [7, 11) is 1.58. The fourth-order valence-electron chi connectivity index (χ4n) is 1.32. The normalized spacial score (nSPS) is 15.9. The van der Waals surface area contributed by atoms with Gasteiger partial charge in [0.1, 0.15) is 0 Å². The van der Waals surface area contributed by atoms with E-state index in [4.69, 9.17) is 5.21 Å². The Kier molecular flexibility index (Phi) is 5.95. The Bertz CT molecular complexity index is 176. The van der Waals surface area contributed by atoms with Crippen molar-refractivity contribution >= 4 is 0 Å². The van der Waals surface area contributed by atoms with Crippen molar-refractivity contribution in [2.45, 2.75) is 46.6 Å². The molecule has 3 nitrogen and oxygen atoms in total. The van der Waals surface area contributed by atoms with Crippen LogP contribution in [0.25, 0.3) is 0 Å². The van der Waals surface area contributed by atoms with E-state index in [-0.39, 0.29) is 6.04 Å². The molecule has 2 N–H and O–H groups in total. The predicted octanol–water partition coefficient (Wildman–Crippen LogP) is 2.34. The first kappa shape index (κ1) is 12.6. The summed E-state index contributed by atoms with van der Waals surface area (Å²) in [5.74, 6) is 0. The van der Waals surface area contributed by atoms with Crippen molar-refractivity contribution in [3.8, 4) is 0 Å². The lowest BCUT2D eigenvalue weighted by Crippen LogP contribution is -2.39. The van der Waals surface area contributed by atoms with Crippen molar-refractivity contribution < 1.29 is 5.21 Å². The number of hydrazine groups is 1. The van der Waals surface area contributed by atoms with Gasteiger partial charge in [0.25, 0.3) is 0 Å². The maximum Gasteiger partial charge on any atom is 0.0417 e. The minimum atomic E-state index is 0.196. The average Bonchev–Trinajstić information content (AvgIpc) is 2.02. The highest BCUT2D eigenvalue weighted by atomic mass is 16.5. The van der Waals surface area contributed by atoms with Crippen LogP contribution in [0.5, 0.6) is 0 Å². The zero-order valence-electron chi connectivity index (χ0n) is 9.39. The van der Waals surface area contributed by atoms with Crippen LogP contribution in [0, 0.1) is 0 Å². The molecule has 0 aliphatic carbocycles. The summed E-state index contributed by atoms with van der Waals surface area (Å²) < 4.78 is 0. The third-order valence-electron chi connectivity index (χ3n) is 2.33. The number of allylic oxidation sites excluding steroid dienone is 1. The molecular formula is C10H22N2O. The fourth-order valence-corrected chi connectivity index (χ4v) is 1.32. The van der Waals surface area contributed by atoms with E-state index in [1.165, 1.54) is 17.6 Å². The van der Waals surface area contributed by atoms with Crippen molar-refractivity contribution in [2.75, 3.05) is 7.05 Å². The van der Waals surface area contributed by atoms with Crippen molar-refractivity contribution in [3.05, 3.63) is 11.1 Å². The Morgan fingerprint density at radius 1 is 1.46 bits per heavy atom. The molecule has 0 saturated heterocycles. The molecule has 0 aliphatic rings. The SMILES string of the molecule is CCC/C(C)=C(/C)C(C)NN(C)O. The van der Waals surface area contributed by atoms with Crippen LogP contribution >= 0.6 is 0 Å². The summed E-state index contributed by atoms with van der Waals surface area (Å²) in [6.07, 6.45) is 2.30. The molecule has 0 rings (SSSR count). The van der Waals surface area contributed by atoms with Crippen molar-refractivity contribution in [1.82, 2.24) is 10.6 Å². The molecule has 0 amide bonds. The molecule has 0 aromatic carbocycles. The monoisotopic (exact) mass is 186 g/mol. The number of hydrogen-bond donors (Lipinski definition) is 2. The summed E-state index contributed by atoms with van der Waals surface area (Å²) >= 11 is 0. The van der Waals surface area contributed by atoms with Crippen LogP contribution in [0.1, 0.15) is 40.5 Å². The highest BCUT2D eigenvalue weighted by molar-refractivity contribution is 5.14. The molecule has 1 atom stereocenters. The van der Waals surface area contributed by atoms with E-state index in [9.17, 15) is 0 Å². The van der Waals surface area contributed by atoms with E-state index >= 15 is 0 Å². The van der Waals surface area contributed by atoms with Gasteiger partial charge in [0.2, 0.25) is 0 Å². The lowest BCUT2D eigenvalue weighted by atomic mass is 10.0. The smallest absolute Gasteiger partial charge is 0.0417 e. The summed E-state index contributed by atoms with van der Waals surface area (Å²) in [6.45, 7) is 8.47. The Balaban J connectivity index is 4.20. The summed E-state index contributed by atoms with van der Waals surface area (Å²) in [6, 6.07) is 0.196. The van der Waals surface area contributed by atoms with E-state index in [1.54, 1.807) is 7.05 Å². The summed E-state index contributed by atoms with van der Waals surface area (Å²) in [5, 5.41) is 9.99. The second-order valence-electron chi connectivity index (χ2n) is 3.59. The standard InChI is InChI=1S/C10H22N2O/c1-6-7-8(2)9(3)10(4)11-12(5)13/h10-11,13H,6-7H2,1-5H3/b9-8-. The fraction of sp³-hybridized carbons (Fsp3) is 0.800. The summed E-state index contributed by atoms with van der Waals surface area (Å²) in [4.78, 5) is 0. The molecule has 3 heteroatoms. The van der Waals surface area contributed by atoms with Gasteiger partial charge in [0.05, 0.1) is 0 Å². The zero-order valence-corrected chi connectivity index (χ0v) is 9.39. The van der Waals surface area contributed by atoms with Gasteiger partial charge in [-0.3, -0.25) is 5.21 Å². The van der Waals surface area contributed by atoms with Crippen LogP contribution in [0.4, 0.5) is 0 Å². The van der Waals surface area contributed by atoms with E-state index in [0.29, 0.717) is 0 Å². The highest BCUT2D eigenvalue weighted by Crippen LogP contribution is 2.13. The topological polar surface area (TPSA) is 35.5 Å². The second kappa shape index (κ2) is 6.13. The Morgan fingerprint density at radius 2 is 2.00 bits per heavy atom. The molecule has 0 aromatic rings. The molecule has 0 saturated carbocycles. The molecule has 78 valence electrons. The number of rotatable bonds is 5. The largest absolute Gasteiger partial charge is 0.299 e. The first-order valence-electron chi connectivity index (χ1n) is 4.84. The Hall–Kier alpha value is -0.380. The molecule has 1 unspecified atom stereocenters. The van der Waals surface area contributed by atoms with E-state index in [0.717, 1.165) is 11.6 Å². The first-order valence-corrected chi connectivity index (χ1v) is 4.84. The van der Waals surface area contributed by atoms with Crippen LogP contribution < -0.4 is 5.43 Å². The molecular weight excluding hydrogens is 164 g/mol. The van der Waals surface area contributed by atoms with Crippen LogP contribution in [0.2, 0.25) is 0 Å². The molecule has 0 heterocycles. The molecule has 0 fully saturated rings. The molecule has 0 spiro atoms. The third kappa shape index (κ3) is 5.03. The van der Waals surface area contributed by atoms with Gasteiger partial charge in [-0.15, -0.1) is 5.17 Å². The van der Waals surface area contributed by atoms with Gasteiger partial charge in [0, 0.05) is 13.1 Å². The van der Waals surface area contributed by atoms with Crippen LogP contribution in [0.15, 0.2) is 11.1 Å². The van der Waals surface area contributed by atoms with Crippen molar-refractivity contribution in [1.29, 1.82) is 0 Å². The Morgan fingerprint density at radius 3 is 2.38 bits per heavy atom. The number of hydroxylamine groups is 1. The highest BCUT2D eigenvalue weighted by Gasteiger charge is 2.07. The third-order valence-corrected chi connectivity index (χ3v) is 2.33. The van der Waals surface area contributed by atoms with Crippen molar-refractivity contribution in [3.63, 3.8) is 0 Å². The lowest BCUT2D eigenvalue weighted by Gasteiger charge is -2.20. The van der Waals surface area contributed by atoms with Crippen LogP contribution in [-0.4, -0.2) is 23.5 Å². The minimum absolute atomic E-state index is 0.196. The number of hydrogen-bond acceptors (Lipinski definition) is 3. The quantitative estimate of drug-likeness (QED) is 0.511. The van der Waals surface area contributed by atoms with Crippen LogP contribution in [0.3, 0.4) is 0 Å². The van der Waals surface area contributed by atoms with E-state index in [1.807, 2.05) is 6.92 Å². The Labute approximate surface area is 81.4 Å². The van der Waals surface area contributed by atoms with Gasteiger partial charge < -0.3 is 0 Å². The predicted molar refractivity (Wildman–Crippen MR) is 55.4 cm³/mol. The maximum atomic E-state index is 8.98. The summed E-state index contributed by atoms with van der Waals surface area (Å²) in [5.41, 5.74) is 5.63. The van der Waals surface area contributed by atoms with Crippen LogP contribution in [-0.2, 0) is 0 Å². The van der Waals surface area contributed by atoms with E-state index < -0.39 is 0 Å². The van der Waals surface area contributed by atoms with Crippen molar-refractivity contribution in [2.24, 2.45) is 0 Å². The van der Waals surface area contributed by atoms with Gasteiger partial charge in [0.15, 0.2) is 0 Å². The molecule has 0 radical (unpaired) electrons. The van der Waals surface area contributed by atoms with Gasteiger partial charge in [-0.1, -0.05) is 24.5 Å². The molecule has 0 aliphatic heterocycles. The second-order valence-corrected chi connectivity index (χ2v) is 3.59. The first-order chi connectivity index (χ1) is 5.99. The number of nitrogens with zero attached hydrogens (tertiary/aromatic N) is 1. The van der Waals surface area contributed by atoms with Gasteiger partial charge >= 0.3 is 0 Å². The lowest BCUT2D eigenvalue weighted by molar-refractivity contribution is -0.118. The molecule has 0 bridgehead atoms. The van der Waals surface area contributed by atoms with Gasteiger partial charge in [-0.05, 0) is 27.2 Å². The molecule has 13 heavy (non-hydrogen) atoms. The zero-order chi connectivity index (χ0) is 10.4. The minimum Gasteiger partial charge on any atom is -0.299 e. The number of nitrogens with one attached hydrogen (secondary N) is 1. The average molecular weight is 186 g/mol. The van der Waals surface area contributed by atoms with E-state index in [2.05, 4.69) is 26.2 Å².